The van der Waals surface area contributed by atoms with Crippen LogP contribution in [0.1, 0.15) is 59.4 Å². The molecule has 3 heteroatoms. The molecule has 1 N–H and O–H groups in total. The predicted octanol–water partition coefficient (Wildman–Crippen LogP) is 4.28. The zero-order valence-electron chi connectivity index (χ0n) is 15.4. The third kappa shape index (κ3) is 5.35. The molecule has 0 spiro atoms. The van der Waals surface area contributed by atoms with Crippen LogP contribution in [0.4, 0.5) is 0 Å². The Kier molecular flexibility index (Phi) is 5.20. The van der Waals surface area contributed by atoms with Crippen molar-refractivity contribution in [2.45, 2.75) is 78.0 Å². The van der Waals surface area contributed by atoms with Crippen LogP contribution in [-0.4, -0.2) is 23.0 Å². The molecule has 1 saturated heterocycles. The number of benzene rings is 1. The molecule has 23 heavy (non-hydrogen) atoms. The molecule has 1 aliphatic heterocycles. The quantitative estimate of drug-likeness (QED) is 0.881. The number of aryl methyl sites for hydroxylation is 1. The number of rotatable bonds is 5. The van der Waals surface area contributed by atoms with E-state index in [1.807, 2.05) is 38.1 Å². The first-order valence-electron chi connectivity index (χ1n) is 8.62. The maximum Gasteiger partial charge on any atom is 0.173 e. The minimum atomic E-state index is -0.390. The molecule has 2 rings (SSSR count). The van der Waals surface area contributed by atoms with E-state index in [0.717, 1.165) is 18.6 Å². The second-order valence-electron chi connectivity index (χ2n) is 8.41. The average Bonchev–Trinajstić information content (AvgIpc) is 2.37. The summed E-state index contributed by atoms with van der Waals surface area (Å²) < 4.78 is 5.81. The SMILES string of the molecule is Cc1ccc(OC(C)C(=O)CC2CC(C)(C)NC(C)(C)C2)cc1. The molecular formula is C20H31NO2. The van der Waals surface area contributed by atoms with Crippen molar-refractivity contribution in [1.82, 2.24) is 5.32 Å². The molecule has 3 nitrogen and oxygen atoms in total. The van der Waals surface area contributed by atoms with Crippen LogP contribution in [0.5, 0.6) is 5.75 Å². The van der Waals surface area contributed by atoms with Gasteiger partial charge in [-0.3, -0.25) is 4.79 Å². The molecule has 1 fully saturated rings. The normalized spacial score (nSPS) is 21.7. The van der Waals surface area contributed by atoms with Crippen LogP contribution in [0, 0.1) is 12.8 Å². The Morgan fingerprint density at radius 3 is 2.22 bits per heavy atom. The first kappa shape index (κ1) is 18.0. The van der Waals surface area contributed by atoms with Gasteiger partial charge in [0.2, 0.25) is 0 Å². The van der Waals surface area contributed by atoms with Gasteiger partial charge in [-0.1, -0.05) is 17.7 Å². The van der Waals surface area contributed by atoms with Crippen molar-refractivity contribution in [3.63, 3.8) is 0 Å². The highest BCUT2D eigenvalue weighted by Crippen LogP contribution is 2.35. The molecule has 1 heterocycles. The maximum absolute atomic E-state index is 12.6. The van der Waals surface area contributed by atoms with Gasteiger partial charge < -0.3 is 10.1 Å². The van der Waals surface area contributed by atoms with Crippen LogP contribution >= 0.6 is 0 Å². The first-order valence-corrected chi connectivity index (χ1v) is 8.62. The summed E-state index contributed by atoms with van der Waals surface area (Å²) in [6.45, 7) is 12.8. The lowest BCUT2D eigenvalue weighted by atomic mass is 9.74. The van der Waals surface area contributed by atoms with Gasteiger partial charge in [0.1, 0.15) is 5.75 Å². The largest absolute Gasteiger partial charge is 0.483 e. The molecular weight excluding hydrogens is 286 g/mol. The first-order chi connectivity index (χ1) is 10.6. The van der Waals surface area contributed by atoms with E-state index in [-0.39, 0.29) is 23.0 Å². The smallest absolute Gasteiger partial charge is 0.173 e. The van der Waals surface area contributed by atoms with Gasteiger partial charge in [-0.2, -0.15) is 0 Å². The van der Waals surface area contributed by atoms with E-state index in [1.165, 1.54) is 5.56 Å². The summed E-state index contributed by atoms with van der Waals surface area (Å²) in [6.07, 6.45) is 2.26. The number of carbonyl (C=O) groups is 1. The van der Waals surface area contributed by atoms with Crippen molar-refractivity contribution < 1.29 is 9.53 Å². The molecule has 0 bridgehead atoms. The summed E-state index contributed by atoms with van der Waals surface area (Å²) in [7, 11) is 0. The number of carbonyl (C=O) groups excluding carboxylic acids is 1. The summed E-state index contributed by atoms with van der Waals surface area (Å²) >= 11 is 0. The van der Waals surface area contributed by atoms with Crippen LogP contribution in [0.2, 0.25) is 0 Å². The molecule has 0 aromatic heterocycles. The molecule has 1 aliphatic rings. The fraction of sp³-hybridized carbons (Fsp3) is 0.650. The second kappa shape index (κ2) is 6.64. The van der Waals surface area contributed by atoms with Crippen LogP contribution in [0.25, 0.3) is 0 Å². The van der Waals surface area contributed by atoms with E-state index >= 15 is 0 Å². The summed E-state index contributed by atoms with van der Waals surface area (Å²) in [5.41, 5.74) is 1.34. The number of hydrogen-bond acceptors (Lipinski definition) is 3. The highest BCUT2D eigenvalue weighted by molar-refractivity contribution is 5.83. The van der Waals surface area contributed by atoms with Crippen LogP contribution in [0.15, 0.2) is 24.3 Å². The Bertz CT molecular complexity index is 529. The van der Waals surface area contributed by atoms with E-state index < -0.39 is 0 Å². The molecule has 1 unspecified atom stereocenters. The minimum Gasteiger partial charge on any atom is -0.483 e. The third-order valence-corrected chi connectivity index (χ3v) is 4.55. The van der Waals surface area contributed by atoms with Gasteiger partial charge in [0, 0.05) is 17.5 Å². The van der Waals surface area contributed by atoms with Gasteiger partial charge in [-0.05, 0) is 72.4 Å². The average molecular weight is 317 g/mol. The highest BCUT2D eigenvalue weighted by Gasteiger charge is 2.38. The Balaban J connectivity index is 1.94. The topological polar surface area (TPSA) is 38.3 Å². The Hall–Kier alpha value is -1.35. The zero-order valence-corrected chi connectivity index (χ0v) is 15.4. The monoisotopic (exact) mass is 317 g/mol. The fourth-order valence-electron chi connectivity index (χ4n) is 4.02. The van der Waals surface area contributed by atoms with Gasteiger partial charge in [-0.15, -0.1) is 0 Å². The maximum atomic E-state index is 12.6. The van der Waals surface area contributed by atoms with Crippen molar-refractivity contribution in [1.29, 1.82) is 0 Å². The molecule has 0 amide bonds. The van der Waals surface area contributed by atoms with Crippen molar-refractivity contribution in [2.75, 3.05) is 0 Å². The van der Waals surface area contributed by atoms with E-state index in [4.69, 9.17) is 4.74 Å². The van der Waals surface area contributed by atoms with Gasteiger partial charge in [0.15, 0.2) is 11.9 Å². The number of Topliss-reactive ketones (excluding diaryl/α,β-unsaturated/α-hetero) is 1. The number of nitrogens with one attached hydrogen (secondary N) is 1. The van der Waals surface area contributed by atoms with Crippen LogP contribution in [-0.2, 0) is 4.79 Å². The molecule has 0 aliphatic carbocycles. The van der Waals surface area contributed by atoms with Crippen molar-refractivity contribution in [3.05, 3.63) is 29.8 Å². The fourth-order valence-corrected chi connectivity index (χ4v) is 4.02. The molecule has 1 aromatic rings. The number of ether oxygens (including phenoxy) is 1. The molecule has 0 saturated carbocycles. The van der Waals surface area contributed by atoms with E-state index in [1.54, 1.807) is 0 Å². The van der Waals surface area contributed by atoms with Gasteiger partial charge >= 0.3 is 0 Å². The highest BCUT2D eigenvalue weighted by atomic mass is 16.5. The molecule has 1 atom stereocenters. The van der Waals surface area contributed by atoms with E-state index in [2.05, 4.69) is 33.0 Å². The van der Waals surface area contributed by atoms with Gasteiger partial charge in [0.05, 0.1) is 0 Å². The minimum absolute atomic E-state index is 0.0771. The summed E-state index contributed by atoms with van der Waals surface area (Å²) in [6, 6.07) is 7.86. The van der Waals surface area contributed by atoms with Crippen molar-refractivity contribution in [2.24, 2.45) is 5.92 Å². The Labute approximate surface area is 140 Å². The Morgan fingerprint density at radius 2 is 1.70 bits per heavy atom. The van der Waals surface area contributed by atoms with Crippen molar-refractivity contribution in [3.8, 4) is 5.75 Å². The van der Waals surface area contributed by atoms with Crippen LogP contribution in [0.3, 0.4) is 0 Å². The number of ketones is 1. The summed E-state index contributed by atoms with van der Waals surface area (Å²) in [5, 5.41) is 3.67. The lowest BCUT2D eigenvalue weighted by molar-refractivity contribution is -0.126. The third-order valence-electron chi connectivity index (χ3n) is 4.55. The standard InChI is InChI=1S/C20H31NO2/c1-14-7-9-17(10-8-14)23-15(2)18(22)11-16-12-19(3,4)21-20(5,6)13-16/h7-10,15-16,21H,11-13H2,1-6H3. The van der Waals surface area contributed by atoms with Gasteiger partial charge in [-0.25, -0.2) is 0 Å². The van der Waals surface area contributed by atoms with E-state index in [0.29, 0.717) is 12.3 Å². The second-order valence-corrected chi connectivity index (χ2v) is 8.41. The summed E-state index contributed by atoms with van der Waals surface area (Å²) in [5.74, 6) is 1.38. The summed E-state index contributed by atoms with van der Waals surface area (Å²) in [4.78, 5) is 12.6. The lowest BCUT2D eigenvalue weighted by Crippen LogP contribution is -2.58. The zero-order chi connectivity index (χ0) is 17.3. The Morgan fingerprint density at radius 1 is 1.17 bits per heavy atom. The lowest BCUT2D eigenvalue weighted by Gasteiger charge is -2.46. The predicted molar refractivity (Wildman–Crippen MR) is 94.9 cm³/mol. The number of piperidine rings is 1. The molecule has 128 valence electrons. The number of hydrogen-bond donors (Lipinski definition) is 1. The molecule has 0 radical (unpaired) electrons. The van der Waals surface area contributed by atoms with Crippen molar-refractivity contribution >= 4 is 5.78 Å². The molecule has 1 aromatic carbocycles. The van der Waals surface area contributed by atoms with E-state index in [9.17, 15) is 4.79 Å². The van der Waals surface area contributed by atoms with Gasteiger partial charge in [0.25, 0.3) is 0 Å². The van der Waals surface area contributed by atoms with Crippen LogP contribution < -0.4 is 10.1 Å².